The average Bonchev–Trinajstić information content (AvgIpc) is 3.06. The van der Waals surface area contributed by atoms with Gasteiger partial charge in [-0.05, 0) is 51.5 Å². The summed E-state index contributed by atoms with van der Waals surface area (Å²) in [5.74, 6) is -0.469. The Morgan fingerprint density at radius 1 is 1.19 bits per heavy atom. The van der Waals surface area contributed by atoms with E-state index in [1.54, 1.807) is 17.6 Å². The van der Waals surface area contributed by atoms with Gasteiger partial charge >= 0.3 is 0 Å². The molecule has 2 bridgehead atoms. The summed E-state index contributed by atoms with van der Waals surface area (Å²) in [5, 5.41) is 8.64. The van der Waals surface area contributed by atoms with Crippen molar-refractivity contribution < 1.29 is 10.0 Å². The fourth-order valence-electron chi connectivity index (χ4n) is 3.67. The van der Waals surface area contributed by atoms with Gasteiger partial charge in [0.25, 0.3) is 5.91 Å². The van der Waals surface area contributed by atoms with Crippen molar-refractivity contribution in [3.05, 3.63) is 29.8 Å². The number of piperazine rings is 1. The zero-order valence-electron chi connectivity index (χ0n) is 12.8. The number of hydroxylamine groups is 1. The summed E-state index contributed by atoms with van der Waals surface area (Å²) in [4.78, 5) is 16.4. The summed E-state index contributed by atoms with van der Waals surface area (Å²) in [7, 11) is 0. The third-order valence-corrected chi connectivity index (χ3v) is 4.66. The van der Waals surface area contributed by atoms with Crippen LogP contribution in [0.1, 0.15) is 37.6 Å². The highest BCUT2D eigenvalue weighted by molar-refractivity contribution is 5.93. The smallest absolute Gasteiger partial charge is 0.274 e. The summed E-state index contributed by atoms with van der Waals surface area (Å²) >= 11 is 0. The molecule has 0 aliphatic carbocycles. The van der Waals surface area contributed by atoms with Crippen LogP contribution < -0.4 is 10.4 Å². The molecule has 1 amide bonds. The SMILES string of the molecule is CC(C)(C)N1C[C@@H]2C[C@H]1CN2c1ccc(C(=O)NO)cc1. The molecule has 0 radical (unpaired) electrons. The van der Waals surface area contributed by atoms with E-state index in [1.807, 2.05) is 12.1 Å². The summed E-state index contributed by atoms with van der Waals surface area (Å²) in [6.45, 7) is 8.99. The highest BCUT2D eigenvalue weighted by Crippen LogP contribution is 2.38. The van der Waals surface area contributed by atoms with E-state index in [0.29, 0.717) is 17.6 Å². The molecule has 0 unspecified atom stereocenters. The van der Waals surface area contributed by atoms with Crippen molar-refractivity contribution in [1.82, 2.24) is 10.4 Å². The Balaban J connectivity index is 1.72. The number of nitrogens with zero attached hydrogens (tertiary/aromatic N) is 2. The molecule has 2 saturated heterocycles. The van der Waals surface area contributed by atoms with E-state index >= 15 is 0 Å². The molecule has 1 aromatic carbocycles. The number of hydrogen-bond donors (Lipinski definition) is 2. The number of fused-ring (bicyclic) bond motifs is 2. The maximum Gasteiger partial charge on any atom is 0.274 e. The van der Waals surface area contributed by atoms with Crippen LogP contribution in [-0.4, -0.2) is 46.7 Å². The number of carbonyl (C=O) groups excluding carboxylic acids is 1. The van der Waals surface area contributed by atoms with E-state index in [2.05, 4.69) is 30.6 Å². The number of rotatable bonds is 2. The number of anilines is 1. The average molecular weight is 289 g/mol. The lowest BCUT2D eigenvalue weighted by Gasteiger charge is -2.42. The molecule has 114 valence electrons. The lowest BCUT2D eigenvalue weighted by atomic mass is 10.0. The van der Waals surface area contributed by atoms with Crippen molar-refractivity contribution in [3.8, 4) is 0 Å². The maximum atomic E-state index is 11.3. The minimum absolute atomic E-state index is 0.231. The molecule has 2 atom stereocenters. The van der Waals surface area contributed by atoms with E-state index in [9.17, 15) is 4.79 Å². The van der Waals surface area contributed by atoms with Crippen molar-refractivity contribution in [2.45, 2.75) is 44.8 Å². The quantitative estimate of drug-likeness (QED) is 0.644. The standard InChI is InChI=1S/C16H23N3O2/c1-16(2,3)19-10-13-8-14(19)9-18(13)12-6-4-11(5-7-12)15(20)17-21/h4-7,13-14,21H,8-10H2,1-3H3,(H,17,20)/t13-,14-/m0/s1. The second-order valence-electron chi connectivity index (χ2n) is 7.01. The Hall–Kier alpha value is -1.59. The van der Waals surface area contributed by atoms with Crippen molar-refractivity contribution >= 4 is 11.6 Å². The van der Waals surface area contributed by atoms with E-state index in [-0.39, 0.29) is 5.54 Å². The molecule has 21 heavy (non-hydrogen) atoms. The summed E-state index contributed by atoms with van der Waals surface area (Å²) in [5.41, 5.74) is 3.52. The van der Waals surface area contributed by atoms with Gasteiger partial charge in [0, 0.05) is 42.0 Å². The van der Waals surface area contributed by atoms with Crippen LogP contribution in [0.4, 0.5) is 5.69 Å². The van der Waals surface area contributed by atoms with Gasteiger partial charge < -0.3 is 4.90 Å². The van der Waals surface area contributed by atoms with Crippen LogP contribution in [-0.2, 0) is 0 Å². The molecule has 2 aliphatic heterocycles. The predicted octanol–water partition coefficient (Wildman–Crippen LogP) is 1.87. The molecular weight excluding hydrogens is 266 g/mol. The first-order valence-electron chi connectivity index (χ1n) is 7.48. The van der Waals surface area contributed by atoms with Gasteiger partial charge in [0.05, 0.1) is 0 Å². The molecule has 2 heterocycles. The number of carbonyl (C=O) groups is 1. The predicted molar refractivity (Wildman–Crippen MR) is 81.7 cm³/mol. The van der Waals surface area contributed by atoms with E-state index in [1.165, 1.54) is 6.42 Å². The molecule has 3 rings (SSSR count). The normalized spacial score (nSPS) is 25.4. The van der Waals surface area contributed by atoms with E-state index in [4.69, 9.17) is 5.21 Å². The summed E-state index contributed by atoms with van der Waals surface area (Å²) in [6.07, 6.45) is 1.22. The van der Waals surface area contributed by atoms with Crippen molar-refractivity contribution in [1.29, 1.82) is 0 Å². The van der Waals surface area contributed by atoms with Gasteiger partial charge in [0.1, 0.15) is 0 Å². The molecule has 5 heteroatoms. The van der Waals surface area contributed by atoms with Crippen LogP contribution in [0.2, 0.25) is 0 Å². The zero-order chi connectivity index (χ0) is 15.2. The lowest BCUT2D eigenvalue weighted by Crippen LogP contribution is -2.53. The number of nitrogens with one attached hydrogen (secondary N) is 1. The van der Waals surface area contributed by atoms with Gasteiger partial charge in [-0.25, -0.2) is 5.48 Å². The number of amides is 1. The van der Waals surface area contributed by atoms with Gasteiger partial charge in [-0.3, -0.25) is 14.9 Å². The molecule has 0 saturated carbocycles. The zero-order valence-corrected chi connectivity index (χ0v) is 12.8. The Bertz CT molecular complexity index is 535. The molecule has 0 spiro atoms. The second kappa shape index (κ2) is 5.00. The van der Waals surface area contributed by atoms with Crippen molar-refractivity contribution in [2.24, 2.45) is 0 Å². The monoisotopic (exact) mass is 289 g/mol. The highest BCUT2D eigenvalue weighted by atomic mass is 16.5. The largest absolute Gasteiger partial charge is 0.366 e. The summed E-state index contributed by atoms with van der Waals surface area (Å²) in [6, 6.07) is 8.63. The number of hydrogen-bond acceptors (Lipinski definition) is 4. The Morgan fingerprint density at radius 3 is 2.33 bits per heavy atom. The molecule has 2 fully saturated rings. The minimum Gasteiger partial charge on any atom is -0.366 e. The van der Waals surface area contributed by atoms with Gasteiger partial charge in [0.2, 0.25) is 0 Å². The van der Waals surface area contributed by atoms with Gasteiger partial charge in [-0.15, -0.1) is 0 Å². The first-order valence-corrected chi connectivity index (χ1v) is 7.48. The molecule has 1 aromatic rings. The van der Waals surface area contributed by atoms with E-state index in [0.717, 1.165) is 18.8 Å². The number of likely N-dealkylation sites (tertiary alicyclic amines) is 1. The molecule has 0 aromatic heterocycles. The highest BCUT2D eigenvalue weighted by Gasteiger charge is 2.46. The Labute approximate surface area is 125 Å². The Kier molecular flexibility index (Phi) is 3.42. The van der Waals surface area contributed by atoms with Crippen LogP contribution in [0.15, 0.2) is 24.3 Å². The Morgan fingerprint density at radius 2 is 1.86 bits per heavy atom. The number of benzene rings is 1. The lowest BCUT2D eigenvalue weighted by molar-refractivity contribution is 0.0706. The minimum atomic E-state index is -0.469. The second-order valence-corrected chi connectivity index (χ2v) is 7.01. The van der Waals surface area contributed by atoms with Crippen LogP contribution >= 0.6 is 0 Å². The fraction of sp³-hybridized carbons (Fsp3) is 0.562. The topological polar surface area (TPSA) is 55.8 Å². The fourth-order valence-corrected chi connectivity index (χ4v) is 3.67. The summed E-state index contributed by atoms with van der Waals surface area (Å²) < 4.78 is 0. The third-order valence-electron chi connectivity index (χ3n) is 4.66. The van der Waals surface area contributed by atoms with Crippen LogP contribution in [0.25, 0.3) is 0 Å². The van der Waals surface area contributed by atoms with Crippen molar-refractivity contribution in [2.75, 3.05) is 18.0 Å². The van der Waals surface area contributed by atoms with E-state index < -0.39 is 5.91 Å². The third kappa shape index (κ3) is 2.51. The first kappa shape index (κ1) is 14.4. The molecule has 5 nitrogen and oxygen atoms in total. The van der Waals surface area contributed by atoms with Crippen LogP contribution in [0.5, 0.6) is 0 Å². The molecule has 2 N–H and O–H groups in total. The maximum absolute atomic E-state index is 11.3. The first-order chi connectivity index (χ1) is 9.90. The molecule has 2 aliphatic rings. The van der Waals surface area contributed by atoms with Crippen LogP contribution in [0, 0.1) is 0 Å². The van der Waals surface area contributed by atoms with Crippen molar-refractivity contribution in [3.63, 3.8) is 0 Å². The van der Waals surface area contributed by atoms with Gasteiger partial charge in [-0.2, -0.15) is 0 Å². The van der Waals surface area contributed by atoms with Gasteiger partial charge in [-0.1, -0.05) is 0 Å². The van der Waals surface area contributed by atoms with Crippen LogP contribution in [0.3, 0.4) is 0 Å². The van der Waals surface area contributed by atoms with Gasteiger partial charge in [0.15, 0.2) is 0 Å². The molecular formula is C16H23N3O2.